The van der Waals surface area contributed by atoms with Crippen molar-refractivity contribution in [3.63, 3.8) is 0 Å². The fourth-order valence-corrected chi connectivity index (χ4v) is 0.385. The van der Waals surface area contributed by atoms with Gasteiger partial charge in [0.2, 0.25) is 10.7 Å². The summed E-state index contributed by atoms with van der Waals surface area (Å²) < 4.78 is 49.6. The van der Waals surface area contributed by atoms with E-state index in [1.54, 1.807) is 0 Å². The standard InChI is InChI=1S/C6H6.CHF3O2S/c1-2-4-6-5-3-1;2-1(3,4)7(5)6/h1-6H;7H. The van der Waals surface area contributed by atoms with Gasteiger partial charge in [0.05, 0.1) is 0 Å². The van der Waals surface area contributed by atoms with E-state index in [2.05, 4.69) is 0 Å². The third-order valence-corrected chi connectivity index (χ3v) is 1.29. The Morgan fingerprint density at radius 3 is 1.00 bits per heavy atom. The van der Waals surface area contributed by atoms with Gasteiger partial charge in [-0.1, -0.05) is 36.4 Å². The lowest BCUT2D eigenvalue weighted by molar-refractivity contribution is -0.0398. The number of halogens is 3. The van der Waals surface area contributed by atoms with Crippen molar-refractivity contribution >= 4 is 10.7 Å². The Bertz CT molecular complexity index is 258. The summed E-state index contributed by atoms with van der Waals surface area (Å²) in [7, 11) is -4.24. The van der Waals surface area contributed by atoms with Crippen LogP contribution in [0.4, 0.5) is 13.2 Å². The van der Waals surface area contributed by atoms with E-state index in [4.69, 9.17) is 8.42 Å². The molecular weight excluding hydrogens is 205 g/mol. The Morgan fingerprint density at radius 2 is 0.923 bits per heavy atom. The minimum atomic E-state index is -5.05. The first-order valence-electron chi connectivity index (χ1n) is 3.16. The van der Waals surface area contributed by atoms with Crippen molar-refractivity contribution < 1.29 is 21.6 Å². The predicted octanol–water partition coefficient (Wildman–Crippen LogP) is 1.80. The van der Waals surface area contributed by atoms with E-state index in [9.17, 15) is 13.2 Å². The summed E-state index contributed by atoms with van der Waals surface area (Å²) in [4.78, 5) is 0. The minimum absolute atomic E-state index is 2.00. The quantitative estimate of drug-likeness (QED) is 0.665. The molecule has 1 aromatic carbocycles. The highest BCUT2D eigenvalue weighted by molar-refractivity contribution is 7.73. The molecule has 0 atom stereocenters. The van der Waals surface area contributed by atoms with E-state index in [1.807, 2.05) is 36.4 Å². The maximum atomic E-state index is 10.6. The van der Waals surface area contributed by atoms with Crippen molar-refractivity contribution in [3.8, 4) is 0 Å². The van der Waals surface area contributed by atoms with Crippen molar-refractivity contribution in [2.24, 2.45) is 0 Å². The average molecular weight is 212 g/mol. The van der Waals surface area contributed by atoms with Gasteiger partial charge in [0.25, 0.3) is 0 Å². The molecule has 0 amide bonds. The first kappa shape index (κ1) is 12.0. The van der Waals surface area contributed by atoms with Gasteiger partial charge >= 0.3 is 5.51 Å². The van der Waals surface area contributed by atoms with Crippen LogP contribution in [0.2, 0.25) is 0 Å². The Morgan fingerprint density at radius 1 is 0.769 bits per heavy atom. The largest absolute Gasteiger partial charge is 0.494 e. The van der Waals surface area contributed by atoms with E-state index in [-0.39, 0.29) is 0 Å². The summed E-state index contributed by atoms with van der Waals surface area (Å²) in [5, 5.41) is 0. The SMILES string of the molecule is O=[SH](=O)C(F)(F)F.c1ccccc1. The van der Waals surface area contributed by atoms with Crippen LogP contribution in [-0.4, -0.2) is 13.9 Å². The van der Waals surface area contributed by atoms with Crippen LogP contribution in [-0.2, 0) is 10.7 Å². The van der Waals surface area contributed by atoms with Crippen LogP contribution in [0, 0.1) is 0 Å². The fourth-order valence-electron chi connectivity index (χ4n) is 0.385. The van der Waals surface area contributed by atoms with Crippen molar-refractivity contribution in [2.45, 2.75) is 5.51 Å². The number of hydrogen-bond acceptors (Lipinski definition) is 2. The molecule has 6 heteroatoms. The van der Waals surface area contributed by atoms with Gasteiger partial charge in [0.15, 0.2) is 0 Å². The van der Waals surface area contributed by atoms with Crippen LogP contribution in [0.3, 0.4) is 0 Å². The fraction of sp³-hybridized carbons (Fsp3) is 0.143. The smallest absolute Gasteiger partial charge is 0.223 e. The van der Waals surface area contributed by atoms with Gasteiger partial charge in [-0.15, -0.1) is 0 Å². The first-order chi connectivity index (χ1) is 5.94. The molecule has 0 aromatic heterocycles. The molecule has 0 saturated carbocycles. The van der Waals surface area contributed by atoms with Gasteiger partial charge in [-0.25, -0.2) is 8.42 Å². The van der Waals surface area contributed by atoms with Crippen LogP contribution >= 0.6 is 0 Å². The molecule has 2 nitrogen and oxygen atoms in total. The summed E-state index contributed by atoms with van der Waals surface area (Å²) in [6.07, 6.45) is 0. The Kier molecular flexibility index (Phi) is 5.13. The average Bonchev–Trinajstić information content (AvgIpc) is 2.07. The number of benzene rings is 1. The van der Waals surface area contributed by atoms with Gasteiger partial charge < -0.3 is 0 Å². The lowest BCUT2D eigenvalue weighted by atomic mass is 10.4. The number of thiol groups is 1. The minimum Gasteiger partial charge on any atom is -0.223 e. The van der Waals surface area contributed by atoms with Gasteiger partial charge in [-0.2, -0.15) is 13.2 Å². The second kappa shape index (κ2) is 5.58. The van der Waals surface area contributed by atoms with Crippen LogP contribution in [0.25, 0.3) is 0 Å². The molecule has 0 heterocycles. The molecule has 0 radical (unpaired) electrons. The number of alkyl halides is 3. The summed E-state index contributed by atoms with van der Waals surface area (Å²) in [5.74, 6) is 0. The molecular formula is C7H7F3O2S. The zero-order chi connectivity index (χ0) is 10.3. The zero-order valence-corrected chi connectivity index (χ0v) is 7.26. The van der Waals surface area contributed by atoms with Crippen LogP contribution in [0.5, 0.6) is 0 Å². The maximum absolute atomic E-state index is 10.6. The first-order valence-corrected chi connectivity index (χ1v) is 4.33. The van der Waals surface area contributed by atoms with Gasteiger partial charge in [0.1, 0.15) is 0 Å². The predicted molar refractivity (Wildman–Crippen MR) is 42.8 cm³/mol. The number of hydrogen-bond donors (Lipinski definition) is 1. The summed E-state index contributed by atoms with van der Waals surface area (Å²) in [6, 6.07) is 12.0. The summed E-state index contributed by atoms with van der Waals surface area (Å²) >= 11 is 0. The second-order valence-corrected chi connectivity index (χ2v) is 2.90. The molecule has 0 spiro atoms. The van der Waals surface area contributed by atoms with Crippen molar-refractivity contribution in [3.05, 3.63) is 36.4 Å². The van der Waals surface area contributed by atoms with Crippen molar-refractivity contribution in [1.29, 1.82) is 0 Å². The lowest BCUT2D eigenvalue weighted by Crippen LogP contribution is -2.07. The molecule has 0 aliphatic carbocycles. The van der Waals surface area contributed by atoms with Gasteiger partial charge in [0, 0.05) is 0 Å². The second-order valence-electron chi connectivity index (χ2n) is 1.88. The van der Waals surface area contributed by atoms with Crippen LogP contribution in [0.15, 0.2) is 36.4 Å². The lowest BCUT2D eigenvalue weighted by Gasteiger charge is -1.89. The molecule has 0 bridgehead atoms. The summed E-state index contributed by atoms with van der Waals surface area (Å²) in [6.45, 7) is 0. The highest BCUT2D eigenvalue weighted by Gasteiger charge is 2.31. The Labute approximate surface area is 75.0 Å². The van der Waals surface area contributed by atoms with Crippen LogP contribution in [0.1, 0.15) is 0 Å². The molecule has 0 unspecified atom stereocenters. The molecule has 0 aliphatic heterocycles. The molecule has 0 aliphatic rings. The number of rotatable bonds is 0. The molecule has 1 rings (SSSR count). The van der Waals surface area contributed by atoms with Gasteiger partial charge in [-0.05, 0) is 0 Å². The monoisotopic (exact) mass is 212 g/mol. The van der Waals surface area contributed by atoms with Crippen LogP contribution < -0.4 is 0 Å². The third kappa shape index (κ3) is 7.32. The van der Waals surface area contributed by atoms with Crippen molar-refractivity contribution in [1.82, 2.24) is 0 Å². The molecule has 0 saturated heterocycles. The molecule has 0 fully saturated rings. The normalized spacial score (nSPS) is 10.5. The highest BCUT2D eigenvalue weighted by atomic mass is 32.2. The maximum Gasteiger partial charge on any atom is 0.494 e. The molecule has 74 valence electrons. The van der Waals surface area contributed by atoms with E-state index in [0.29, 0.717) is 0 Å². The topological polar surface area (TPSA) is 34.1 Å². The van der Waals surface area contributed by atoms with Crippen molar-refractivity contribution in [2.75, 3.05) is 0 Å². The van der Waals surface area contributed by atoms with E-state index < -0.39 is 16.2 Å². The molecule has 1 aromatic rings. The van der Waals surface area contributed by atoms with E-state index >= 15 is 0 Å². The highest BCUT2D eigenvalue weighted by Crippen LogP contribution is 2.13. The van der Waals surface area contributed by atoms with E-state index in [0.717, 1.165) is 0 Å². The molecule has 13 heavy (non-hydrogen) atoms. The zero-order valence-electron chi connectivity index (χ0n) is 6.36. The Balaban J connectivity index is 0.000000223. The van der Waals surface area contributed by atoms with E-state index in [1.165, 1.54) is 0 Å². The molecule has 0 N–H and O–H groups in total. The Hall–Kier alpha value is -1.04. The van der Waals surface area contributed by atoms with Gasteiger partial charge in [-0.3, -0.25) is 0 Å². The summed E-state index contributed by atoms with van der Waals surface area (Å²) in [5.41, 5.74) is -5.05. The third-order valence-electron chi connectivity index (χ3n) is 0.874.